The Balaban J connectivity index is 2.99. The van der Waals surface area contributed by atoms with Crippen molar-refractivity contribution >= 4 is 17.5 Å². The average molecular weight is 273 g/mol. The van der Waals surface area contributed by atoms with Gasteiger partial charge in [0.1, 0.15) is 5.82 Å². The van der Waals surface area contributed by atoms with Gasteiger partial charge in [0, 0.05) is 16.6 Å². The van der Waals surface area contributed by atoms with Gasteiger partial charge < -0.3 is 10.6 Å². The molecule has 2 N–H and O–H groups in total. The Labute approximate surface area is 112 Å². The van der Waals surface area contributed by atoms with Gasteiger partial charge in [0.2, 0.25) is 5.91 Å². The molecule has 3 nitrogen and oxygen atoms in total. The molecule has 0 spiro atoms. The van der Waals surface area contributed by atoms with Gasteiger partial charge in [-0.3, -0.25) is 4.79 Å². The summed E-state index contributed by atoms with van der Waals surface area (Å²) in [6.07, 6.45) is 0.776. The molecule has 0 aromatic heterocycles. The van der Waals surface area contributed by atoms with Gasteiger partial charge in [-0.15, -0.1) is 0 Å². The summed E-state index contributed by atoms with van der Waals surface area (Å²) in [7, 11) is 0. The third-order valence-electron chi connectivity index (χ3n) is 3.01. The van der Waals surface area contributed by atoms with Crippen LogP contribution in [0.3, 0.4) is 0 Å². The Hall–Kier alpha value is -1.13. The fourth-order valence-corrected chi connectivity index (χ4v) is 1.90. The molecule has 1 aromatic rings. The molecule has 0 saturated carbocycles. The van der Waals surface area contributed by atoms with Crippen LogP contribution in [0, 0.1) is 5.82 Å². The summed E-state index contributed by atoms with van der Waals surface area (Å²) < 4.78 is 13.7. The van der Waals surface area contributed by atoms with E-state index in [4.69, 9.17) is 17.3 Å². The lowest BCUT2D eigenvalue weighted by atomic mass is 10.1. The van der Waals surface area contributed by atoms with Gasteiger partial charge in [-0.05, 0) is 25.5 Å². The topological polar surface area (TPSA) is 46.3 Å². The van der Waals surface area contributed by atoms with E-state index in [1.165, 1.54) is 6.07 Å². The zero-order valence-corrected chi connectivity index (χ0v) is 11.4. The van der Waals surface area contributed by atoms with Crippen molar-refractivity contribution < 1.29 is 9.18 Å². The first kappa shape index (κ1) is 14.9. The number of nitrogens with two attached hydrogens (primary N) is 1. The van der Waals surface area contributed by atoms with E-state index in [1.54, 1.807) is 17.0 Å². The number of nitrogens with zero attached hydrogens (tertiary/aromatic N) is 1. The van der Waals surface area contributed by atoms with Crippen molar-refractivity contribution in [3.63, 3.8) is 0 Å². The normalized spacial score (nSPS) is 12.3. The lowest BCUT2D eigenvalue weighted by Gasteiger charge is -2.28. The van der Waals surface area contributed by atoms with Gasteiger partial charge in [0.05, 0.1) is 13.1 Å². The highest BCUT2D eigenvalue weighted by molar-refractivity contribution is 6.31. The Bertz CT molecular complexity index is 405. The van der Waals surface area contributed by atoms with E-state index >= 15 is 0 Å². The minimum Gasteiger partial charge on any atom is -0.334 e. The highest BCUT2D eigenvalue weighted by Crippen LogP contribution is 2.22. The molecule has 0 aliphatic carbocycles. The average Bonchev–Trinajstić information content (AvgIpc) is 2.37. The Morgan fingerprint density at radius 3 is 2.72 bits per heavy atom. The Morgan fingerprint density at radius 1 is 1.56 bits per heavy atom. The molecular formula is C13H18ClFN2O. The Morgan fingerprint density at radius 2 is 2.22 bits per heavy atom. The van der Waals surface area contributed by atoms with Gasteiger partial charge in [0.25, 0.3) is 0 Å². The largest absolute Gasteiger partial charge is 0.334 e. The van der Waals surface area contributed by atoms with Crippen LogP contribution < -0.4 is 5.73 Å². The second-order valence-corrected chi connectivity index (χ2v) is 4.59. The van der Waals surface area contributed by atoms with E-state index in [1.807, 2.05) is 13.8 Å². The summed E-state index contributed by atoms with van der Waals surface area (Å²) in [4.78, 5) is 13.3. The maximum atomic E-state index is 13.7. The van der Waals surface area contributed by atoms with Crippen LogP contribution in [0.2, 0.25) is 5.02 Å². The molecule has 1 amide bonds. The summed E-state index contributed by atoms with van der Waals surface area (Å²) in [5.74, 6) is -0.607. The number of carbonyl (C=O) groups excluding carboxylic acids is 1. The van der Waals surface area contributed by atoms with Crippen molar-refractivity contribution in [1.29, 1.82) is 0 Å². The summed E-state index contributed by atoms with van der Waals surface area (Å²) in [6.45, 7) is 3.93. The fraction of sp³-hybridized carbons (Fsp3) is 0.462. The van der Waals surface area contributed by atoms with Gasteiger partial charge in [-0.25, -0.2) is 4.39 Å². The van der Waals surface area contributed by atoms with Crippen molar-refractivity contribution in [2.75, 3.05) is 6.54 Å². The maximum absolute atomic E-state index is 13.7. The molecule has 0 aliphatic heterocycles. The molecule has 18 heavy (non-hydrogen) atoms. The van der Waals surface area contributed by atoms with Crippen LogP contribution >= 0.6 is 11.6 Å². The van der Waals surface area contributed by atoms with E-state index in [0.29, 0.717) is 10.6 Å². The molecular weight excluding hydrogens is 255 g/mol. The molecule has 0 aliphatic rings. The molecule has 0 bridgehead atoms. The van der Waals surface area contributed by atoms with E-state index < -0.39 is 5.82 Å². The van der Waals surface area contributed by atoms with Crippen LogP contribution in [-0.4, -0.2) is 23.4 Å². The van der Waals surface area contributed by atoms with Crippen molar-refractivity contribution in [3.05, 3.63) is 34.6 Å². The first-order valence-corrected chi connectivity index (χ1v) is 6.31. The third-order valence-corrected chi connectivity index (χ3v) is 3.36. The van der Waals surface area contributed by atoms with Gasteiger partial charge in [-0.1, -0.05) is 24.6 Å². The predicted octanol–water partition coefficient (Wildman–Crippen LogP) is 2.56. The first-order valence-electron chi connectivity index (χ1n) is 5.93. The van der Waals surface area contributed by atoms with Gasteiger partial charge >= 0.3 is 0 Å². The maximum Gasteiger partial charge on any atom is 0.236 e. The molecule has 5 heteroatoms. The molecule has 0 radical (unpaired) electrons. The highest BCUT2D eigenvalue weighted by Gasteiger charge is 2.20. The van der Waals surface area contributed by atoms with Crippen LogP contribution in [0.4, 0.5) is 4.39 Å². The number of carbonyl (C=O) groups is 1. The predicted molar refractivity (Wildman–Crippen MR) is 70.8 cm³/mol. The number of amides is 1. The number of benzene rings is 1. The van der Waals surface area contributed by atoms with Gasteiger partial charge in [0.15, 0.2) is 0 Å². The summed E-state index contributed by atoms with van der Waals surface area (Å²) >= 11 is 5.96. The molecule has 1 rings (SSSR count). The van der Waals surface area contributed by atoms with Gasteiger partial charge in [-0.2, -0.15) is 0 Å². The van der Waals surface area contributed by atoms with Crippen LogP contribution in [0.15, 0.2) is 18.2 Å². The first-order chi connectivity index (χ1) is 8.51. The minimum atomic E-state index is -0.402. The van der Waals surface area contributed by atoms with Crippen molar-refractivity contribution in [2.24, 2.45) is 5.73 Å². The third kappa shape index (κ3) is 3.43. The van der Waals surface area contributed by atoms with Crippen LogP contribution in [0.5, 0.6) is 0 Å². The SMILES string of the molecule is CCC(C)N(Cc1c(F)cccc1Cl)C(=O)CN. The fourth-order valence-electron chi connectivity index (χ4n) is 1.68. The van der Waals surface area contributed by atoms with Crippen LogP contribution in [0.1, 0.15) is 25.8 Å². The lowest BCUT2D eigenvalue weighted by molar-refractivity contribution is -0.132. The molecule has 0 fully saturated rings. The van der Waals surface area contributed by atoms with E-state index in [2.05, 4.69) is 0 Å². The summed E-state index contributed by atoms with van der Waals surface area (Å²) in [5.41, 5.74) is 5.71. The number of rotatable bonds is 5. The number of hydrogen-bond acceptors (Lipinski definition) is 2. The summed E-state index contributed by atoms with van der Waals surface area (Å²) in [5, 5.41) is 0.327. The van der Waals surface area contributed by atoms with Crippen LogP contribution in [-0.2, 0) is 11.3 Å². The molecule has 1 aromatic carbocycles. The Kier molecular flexibility index (Phi) is 5.56. The summed E-state index contributed by atoms with van der Waals surface area (Å²) in [6, 6.07) is 4.49. The quantitative estimate of drug-likeness (QED) is 0.895. The molecule has 1 unspecified atom stereocenters. The van der Waals surface area contributed by atoms with Crippen LogP contribution in [0.25, 0.3) is 0 Å². The van der Waals surface area contributed by atoms with Crippen molar-refractivity contribution in [1.82, 2.24) is 4.90 Å². The molecule has 0 saturated heterocycles. The minimum absolute atomic E-state index is 0.00303. The molecule has 0 heterocycles. The number of halogens is 2. The second kappa shape index (κ2) is 6.71. The van der Waals surface area contributed by atoms with E-state index in [-0.39, 0.29) is 25.0 Å². The zero-order chi connectivity index (χ0) is 13.7. The zero-order valence-electron chi connectivity index (χ0n) is 10.6. The second-order valence-electron chi connectivity index (χ2n) is 4.18. The molecule has 100 valence electrons. The highest BCUT2D eigenvalue weighted by atomic mass is 35.5. The monoisotopic (exact) mass is 272 g/mol. The standard InChI is InChI=1S/C13H18ClFN2O/c1-3-9(2)17(13(18)7-16)8-10-11(14)5-4-6-12(10)15/h4-6,9H,3,7-8,16H2,1-2H3. The van der Waals surface area contributed by atoms with E-state index in [9.17, 15) is 9.18 Å². The van der Waals surface area contributed by atoms with Crippen molar-refractivity contribution in [3.8, 4) is 0 Å². The van der Waals surface area contributed by atoms with Crippen molar-refractivity contribution in [2.45, 2.75) is 32.9 Å². The molecule has 1 atom stereocenters. The number of hydrogen-bond donors (Lipinski definition) is 1. The van der Waals surface area contributed by atoms with E-state index in [0.717, 1.165) is 6.42 Å². The smallest absolute Gasteiger partial charge is 0.236 e. The lowest BCUT2D eigenvalue weighted by Crippen LogP contribution is -2.41.